The molecule has 4 aromatic rings. The summed E-state index contributed by atoms with van der Waals surface area (Å²) in [6.45, 7) is 4.15. The third-order valence-electron chi connectivity index (χ3n) is 6.85. The van der Waals surface area contributed by atoms with E-state index in [-0.39, 0.29) is 30.5 Å². The topological polar surface area (TPSA) is 88.8 Å². The summed E-state index contributed by atoms with van der Waals surface area (Å²) in [6, 6.07) is 20.9. The van der Waals surface area contributed by atoms with Crippen LogP contribution in [-0.4, -0.2) is 51.4 Å². The zero-order chi connectivity index (χ0) is 27.2. The van der Waals surface area contributed by atoms with Gasteiger partial charge in [0.2, 0.25) is 0 Å². The van der Waals surface area contributed by atoms with Gasteiger partial charge >= 0.3 is 0 Å². The van der Waals surface area contributed by atoms with Crippen molar-refractivity contribution >= 4 is 29.4 Å². The molecule has 200 valence electrons. The highest BCUT2D eigenvalue weighted by Gasteiger charge is 2.29. The van der Waals surface area contributed by atoms with Gasteiger partial charge in [0.05, 0.1) is 16.8 Å². The molecule has 3 heterocycles. The average Bonchev–Trinajstić information content (AvgIpc) is 3.63. The molecular formula is C30H31N5O3S. The molecular weight excluding hydrogens is 510 g/mol. The summed E-state index contributed by atoms with van der Waals surface area (Å²) in [7, 11) is 0. The maximum absolute atomic E-state index is 12.7. The third kappa shape index (κ3) is 6.26. The second-order valence-corrected chi connectivity index (χ2v) is 10.6. The van der Waals surface area contributed by atoms with E-state index in [9.17, 15) is 9.59 Å². The maximum atomic E-state index is 12.7. The first-order valence-corrected chi connectivity index (χ1v) is 13.9. The predicted octanol–water partition coefficient (Wildman–Crippen LogP) is 5.53. The second-order valence-electron chi connectivity index (χ2n) is 9.63. The lowest BCUT2D eigenvalue weighted by Crippen LogP contribution is -2.49. The molecule has 0 radical (unpaired) electrons. The fourth-order valence-corrected chi connectivity index (χ4v) is 5.59. The molecule has 2 aromatic heterocycles. The van der Waals surface area contributed by atoms with Crippen LogP contribution in [0.2, 0.25) is 0 Å². The standard InChI is InChI=1S/C30H31N5O3S/c1-21-8-6-9-22(2)35(21)28(36)20-38-26-15-13-23(14-16-26)30(37)32-31-18-24-19-34(25-10-4-3-5-11-25)33-29(24)27-12-7-17-39-27/h3-5,7,10-19,21-22H,6,8-9,20H2,1-2H3,(H,32,37)/b31-18-/t21-,22-/m1/s1. The SMILES string of the molecule is C[C@@H]1CCC[C@@H](C)N1C(=O)COc1ccc(C(=O)N/N=C\c2cn(-c3ccccc3)nc2-c2cccs2)cc1. The number of nitrogens with zero attached hydrogens (tertiary/aromatic N) is 4. The Labute approximate surface area is 231 Å². The lowest BCUT2D eigenvalue weighted by molar-refractivity contribution is -0.139. The van der Waals surface area contributed by atoms with E-state index in [2.05, 4.69) is 24.4 Å². The van der Waals surface area contributed by atoms with Crippen LogP contribution in [0.25, 0.3) is 16.3 Å². The van der Waals surface area contributed by atoms with E-state index in [1.165, 1.54) is 0 Å². The fourth-order valence-electron chi connectivity index (χ4n) is 4.86. The number of thiophene rings is 1. The molecule has 39 heavy (non-hydrogen) atoms. The number of ether oxygens (including phenoxy) is 1. The Morgan fingerprint density at radius 2 is 1.79 bits per heavy atom. The lowest BCUT2D eigenvalue weighted by atomic mass is 9.97. The molecule has 1 N–H and O–H groups in total. The van der Waals surface area contributed by atoms with Crippen LogP contribution in [0, 0.1) is 0 Å². The van der Waals surface area contributed by atoms with Gasteiger partial charge in [-0.1, -0.05) is 24.3 Å². The van der Waals surface area contributed by atoms with E-state index in [1.807, 2.05) is 58.9 Å². The summed E-state index contributed by atoms with van der Waals surface area (Å²) in [5.41, 5.74) is 5.53. The number of aromatic nitrogens is 2. The first kappa shape index (κ1) is 26.4. The van der Waals surface area contributed by atoms with Crippen molar-refractivity contribution in [2.75, 3.05) is 6.61 Å². The Hall–Kier alpha value is -4.24. The Bertz CT molecular complexity index is 1420. The molecule has 0 unspecified atom stereocenters. The van der Waals surface area contributed by atoms with Crippen molar-refractivity contribution in [1.82, 2.24) is 20.1 Å². The highest BCUT2D eigenvalue weighted by atomic mass is 32.1. The smallest absolute Gasteiger partial charge is 0.271 e. The van der Waals surface area contributed by atoms with Gasteiger partial charge in [0.25, 0.3) is 11.8 Å². The van der Waals surface area contributed by atoms with Crippen molar-refractivity contribution in [3.05, 3.63) is 89.4 Å². The van der Waals surface area contributed by atoms with Gasteiger partial charge in [0, 0.05) is 29.4 Å². The molecule has 2 amide bonds. The number of piperidine rings is 1. The molecule has 1 fully saturated rings. The predicted molar refractivity (Wildman–Crippen MR) is 153 cm³/mol. The van der Waals surface area contributed by atoms with Gasteiger partial charge in [-0.3, -0.25) is 9.59 Å². The molecule has 9 heteroatoms. The van der Waals surface area contributed by atoms with Crippen LogP contribution in [-0.2, 0) is 4.79 Å². The van der Waals surface area contributed by atoms with Crippen molar-refractivity contribution in [3.63, 3.8) is 0 Å². The minimum absolute atomic E-state index is 0.0108. The molecule has 1 aliphatic rings. The Kier molecular flexibility index (Phi) is 8.17. The molecule has 1 saturated heterocycles. The van der Waals surface area contributed by atoms with Crippen LogP contribution in [0.5, 0.6) is 5.75 Å². The molecule has 2 aromatic carbocycles. The van der Waals surface area contributed by atoms with Gasteiger partial charge in [-0.05, 0) is 81.0 Å². The van der Waals surface area contributed by atoms with Crippen LogP contribution in [0.1, 0.15) is 49.0 Å². The number of benzene rings is 2. The summed E-state index contributed by atoms with van der Waals surface area (Å²) in [5.74, 6) is 0.177. The van der Waals surface area contributed by atoms with Crippen molar-refractivity contribution in [3.8, 4) is 22.0 Å². The highest BCUT2D eigenvalue weighted by molar-refractivity contribution is 7.13. The summed E-state index contributed by atoms with van der Waals surface area (Å²) in [4.78, 5) is 28.3. The van der Waals surface area contributed by atoms with Gasteiger partial charge in [-0.2, -0.15) is 10.2 Å². The van der Waals surface area contributed by atoms with Gasteiger partial charge < -0.3 is 9.64 Å². The second kappa shape index (κ2) is 12.1. The van der Waals surface area contributed by atoms with E-state index < -0.39 is 0 Å². The summed E-state index contributed by atoms with van der Waals surface area (Å²) >= 11 is 1.59. The third-order valence-corrected chi connectivity index (χ3v) is 7.72. The quantitative estimate of drug-likeness (QED) is 0.235. The minimum atomic E-state index is -0.349. The first-order chi connectivity index (χ1) is 19.0. The van der Waals surface area contributed by atoms with Gasteiger partial charge in [0.15, 0.2) is 6.61 Å². The minimum Gasteiger partial charge on any atom is -0.484 e. The number of amides is 2. The fraction of sp³-hybridized carbons (Fsp3) is 0.267. The zero-order valence-electron chi connectivity index (χ0n) is 22.0. The molecule has 0 bridgehead atoms. The molecule has 2 atom stereocenters. The van der Waals surface area contributed by atoms with Crippen LogP contribution in [0.4, 0.5) is 0 Å². The largest absolute Gasteiger partial charge is 0.484 e. The number of para-hydroxylation sites is 1. The van der Waals surface area contributed by atoms with Crippen molar-refractivity contribution in [2.24, 2.45) is 5.10 Å². The van der Waals surface area contributed by atoms with Crippen molar-refractivity contribution in [2.45, 2.75) is 45.2 Å². The summed E-state index contributed by atoms with van der Waals surface area (Å²) in [6.07, 6.45) is 6.68. The molecule has 0 aliphatic carbocycles. The number of likely N-dealkylation sites (tertiary alicyclic amines) is 1. The maximum Gasteiger partial charge on any atom is 0.271 e. The number of carbonyl (C=O) groups is 2. The van der Waals surface area contributed by atoms with Crippen LogP contribution >= 0.6 is 11.3 Å². The number of hydrazone groups is 1. The molecule has 1 aliphatic heterocycles. The molecule has 0 spiro atoms. The summed E-state index contributed by atoms with van der Waals surface area (Å²) in [5, 5.41) is 10.9. The highest BCUT2D eigenvalue weighted by Crippen LogP contribution is 2.27. The van der Waals surface area contributed by atoms with Crippen molar-refractivity contribution < 1.29 is 14.3 Å². The van der Waals surface area contributed by atoms with Gasteiger partial charge in [0.1, 0.15) is 11.4 Å². The van der Waals surface area contributed by atoms with Crippen LogP contribution < -0.4 is 10.2 Å². The monoisotopic (exact) mass is 541 g/mol. The Morgan fingerprint density at radius 3 is 2.49 bits per heavy atom. The van der Waals surface area contributed by atoms with Gasteiger partial charge in [-0.15, -0.1) is 11.3 Å². The van der Waals surface area contributed by atoms with E-state index in [4.69, 9.17) is 9.84 Å². The molecule has 8 nitrogen and oxygen atoms in total. The zero-order valence-corrected chi connectivity index (χ0v) is 22.8. The summed E-state index contributed by atoms with van der Waals surface area (Å²) < 4.78 is 7.52. The normalized spacial score (nSPS) is 17.3. The van der Waals surface area contributed by atoms with Gasteiger partial charge in [-0.25, -0.2) is 10.1 Å². The number of carbonyl (C=O) groups excluding carboxylic acids is 2. The lowest BCUT2D eigenvalue weighted by Gasteiger charge is -2.38. The van der Waals surface area contributed by atoms with E-state index in [0.717, 1.165) is 41.1 Å². The Balaban J connectivity index is 1.20. The average molecular weight is 542 g/mol. The van der Waals surface area contributed by atoms with E-state index >= 15 is 0 Å². The number of hydrogen-bond donors (Lipinski definition) is 1. The first-order valence-electron chi connectivity index (χ1n) is 13.1. The molecule has 5 rings (SSSR count). The van der Waals surface area contributed by atoms with E-state index in [0.29, 0.717) is 11.3 Å². The van der Waals surface area contributed by atoms with Crippen LogP contribution in [0.15, 0.2) is 83.4 Å². The van der Waals surface area contributed by atoms with Crippen LogP contribution in [0.3, 0.4) is 0 Å². The number of rotatable bonds is 8. The van der Waals surface area contributed by atoms with E-state index in [1.54, 1.807) is 46.5 Å². The Morgan fingerprint density at radius 1 is 1.05 bits per heavy atom. The molecule has 0 saturated carbocycles. The van der Waals surface area contributed by atoms with Crippen molar-refractivity contribution in [1.29, 1.82) is 0 Å². The number of hydrogen-bond acceptors (Lipinski definition) is 6. The number of nitrogens with one attached hydrogen (secondary N) is 1.